The predicted molar refractivity (Wildman–Crippen MR) is 60.3 cm³/mol. The normalized spacial score (nSPS) is 10.2. The number of amides is 1. The first-order valence-corrected chi connectivity index (χ1v) is 4.95. The van der Waals surface area contributed by atoms with E-state index in [9.17, 15) is 9.59 Å². The lowest BCUT2D eigenvalue weighted by molar-refractivity contribution is -0.116. The van der Waals surface area contributed by atoms with E-state index in [1.165, 1.54) is 23.2 Å². The number of rotatable bonds is 3. The van der Waals surface area contributed by atoms with Crippen LogP contribution in [0.4, 0.5) is 5.69 Å². The fourth-order valence-electron chi connectivity index (χ4n) is 1.35. The third kappa shape index (κ3) is 2.77. The molecule has 0 spiro atoms. The van der Waals surface area contributed by atoms with Gasteiger partial charge in [0.1, 0.15) is 6.54 Å². The first-order chi connectivity index (χ1) is 8.15. The summed E-state index contributed by atoms with van der Waals surface area (Å²) in [7, 11) is 1.75. The SMILES string of the molecule is Cn1cc(NC(=O)Cn2cccnc2=O)cn1. The van der Waals surface area contributed by atoms with E-state index in [1.807, 2.05) is 0 Å². The number of hydrogen-bond donors (Lipinski definition) is 1. The van der Waals surface area contributed by atoms with Gasteiger partial charge in [-0.3, -0.25) is 14.0 Å². The second-order valence-electron chi connectivity index (χ2n) is 3.48. The number of hydrogen-bond acceptors (Lipinski definition) is 4. The molecule has 2 aromatic heterocycles. The van der Waals surface area contributed by atoms with Gasteiger partial charge in [-0.25, -0.2) is 9.78 Å². The zero-order valence-corrected chi connectivity index (χ0v) is 9.20. The van der Waals surface area contributed by atoms with Crippen LogP contribution in [0.3, 0.4) is 0 Å². The average molecular weight is 233 g/mol. The van der Waals surface area contributed by atoms with Crippen molar-refractivity contribution >= 4 is 11.6 Å². The molecule has 0 bridgehead atoms. The number of anilines is 1. The van der Waals surface area contributed by atoms with E-state index in [4.69, 9.17) is 0 Å². The quantitative estimate of drug-likeness (QED) is 0.783. The van der Waals surface area contributed by atoms with Crippen LogP contribution in [0.2, 0.25) is 0 Å². The van der Waals surface area contributed by atoms with E-state index in [-0.39, 0.29) is 12.5 Å². The van der Waals surface area contributed by atoms with E-state index in [2.05, 4.69) is 15.4 Å². The number of carbonyl (C=O) groups excluding carboxylic acids is 1. The van der Waals surface area contributed by atoms with Crippen LogP contribution in [0.5, 0.6) is 0 Å². The maximum atomic E-state index is 11.6. The number of aryl methyl sites for hydroxylation is 1. The van der Waals surface area contributed by atoms with Crippen molar-refractivity contribution in [1.29, 1.82) is 0 Å². The molecule has 1 N–H and O–H groups in total. The molecule has 2 heterocycles. The smallest absolute Gasteiger partial charge is 0.322 e. The largest absolute Gasteiger partial charge is 0.347 e. The van der Waals surface area contributed by atoms with Crippen LogP contribution in [0.1, 0.15) is 0 Å². The van der Waals surface area contributed by atoms with Crippen LogP contribution >= 0.6 is 0 Å². The van der Waals surface area contributed by atoms with Crippen molar-refractivity contribution in [2.75, 3.05) is 5.32 Å². The molecule has 0 unspecified atom stereocenters. The Bertz CT molecular complexity index is 586. The Kier molecular flexibility index (Phi) is 2.99. The van der Waals surface area contributed by atoms with Crippen LogP contribution in [0, 0.1) is 0 Å². The Morgan fingerprint density at radius 3 is 3.00 bits per heavy atom. The summed E-state index contributed by atoms with van der Waals surface area (Å²) in [6.45, 7) is -0.0679. The zero-order chi connectivity index (χ0) is 12.3. The summed E-state index contributed by atoms with van der Waals surface area (Å²) in [5.74, 6) is -0.298. The van der Waals surface area contributed by atoms with Gasteiger partial charge in [0.15, 0.2) is 0 Å². The van der Waals surface area contributed by atoms with Crippen molar-refractivity contribution in [1.82, 2.24) is 19.3 Å². The second-order valence-corrected chi connectivity index (χ2v) is 3.48. The van der Waals surface area contributed by atoms with Crippen LogP contribution in [0.15, 0.2) is 35.6 Å². The molecule has 0 atom stereocenters. The summed E-state index contributed by atoms with van der Waals surface area (Å²) in [6, 6.07) is 1.60. The molecule has 2 rings (SSSR count). The van der Waals surface area contributed by atoms with Crippen molar-refractivity contribution in [3.05, 3.63) is 41.3 Å². The standard InChI is InChI=1S/C10H11N5O2/c1-14-6-8(5-12-14)13-9(16)7-15-4-2-3-11-10(15)17/h2-6H,7H2,1H3,(H,13,16). The van der Waals surface area contributed by atoms with E-state index >= 15 is 0 Å². The molecule has 7 heteroatoms. The van der Waals surface area contributed by atoms with E-state index in [0.29, 0.717) is 5.69 Å². The van der Waals surface area contributed by atoms with Gasteiger partial charge in [-0.15, -0.1) is 0 Å². The molecule has 0 saturated carbocycles. The lowest BCUT2D eigenvalue weighted by Crippen LogP contribution is -2.28. The Morgan fingerprint density at radius 2 is 2.35 bits per heavy atom. The fraction of sp³-hybridized carbons (Fsp3) is 0.200. The van der Waals surface area contributed by atoms with Gasteiger partial charge in [-0.05, 0) is 6.07 Å². The Hall–Kier alpha value is -2.44. The molecule has 0 aliphatic heterocycles. The van der Waals surface area contributed by atoms with Gasteiger partial charge < -0.3 is 5.32 Å². The van der Waals surface area contributed by atoms with Gasteiger partial charge in [-0.1, -0.05) is 0 Å². The third-order valence-corrected chi connectivity index (χ3v) is 2.09. The van der Waals surface area contributed by atoms with Crippen LogP contribution in [0.25, 0.3) is 0 Å². The van der Waals surface area contributed by atoms with Crippen molar-refractivity contribution in [3.8, 4) is 0 Å². The van der Waals surface area contributed by atoms with Crippen molar-refractivity contribution in [2.45, 2.75) is 6.54 Å². The second kappa shape index (κ2) is 4.60. The minimum atomic E-state index is -0.450. The molecule has 0 fully saturated rings. The van der Waals surface area contributed by atoms with Gasteiger partial charge in [0, 0.05) is 25.6 Å². The highest BCUT2D eigenvalue weighted by Crippen LogP contribution is 2.02. The van der Waals surface area contributed by atoms with E-state index in [1.54, 1.807) is 24.0 Å². The molecule has 0 aromatic carbocycles. The summed E-state index contributed by atoms with van der Waals surface area (Å²) < 4.78 is 2.80. The molecule has 88 valence electrons. The van der Waals surface area contributed by atoms with E-state index < -0.39 is 5.69 Å². The zero-order valence-electron chi connectivity index (χ0n) is 9.20. The van der Waals surface area contributed by atoms with Crippen LogP contribution in [-0.4, -0.2) is 25.2 Å². The van der Waals surface area contributed by atoms with Gasteiger partial charge in [-0.2, -0.15) is 5.10 Å². The van der Waals surface area contributed by atoms with Gasteiger partial charge in [0.25, 0.3) is 0 Å². The molecule has 17 heavy (non-hydrogen) atoms. The monoisotopic (exact) mass is 233 g/mol. The lowest BCUT2D eigenvalue weighted by atomic mass is 10.5. The molecule has 0 aliphatic rings. The fourth-order valence-corrected chi connectivity index (χ4v) is 1.35. The minimum Gasteiger partial charge on any atom is -0.322 e. The average Bonchev–Trinajstić information content (AvgIpc) is 2.67. The molecule has 0 aliphatic carbocycles. The molecule has 0 saturated heterocycles. The minimum absolute atomic E-state index is 0.0679. The number of aromatic nitrogens is 4. The Labute approximate surface area is 96.7 Å². The topological polar surface area (TPSA) is 81.8 Å². The van der Waals surface area contributed by atoms with Crippen molar-refractivity contribution < 1.29 is 4.79 Å². The summed E-state index contributed by atoms with van der Waals surface area (Å²) in [4.78, 5) is 26.4. The highest BCUT2D eigenvalue weighted by molar-refractivity contribution is 5.90. The number of nitrogens with one attached hydrogen (secondary N) is 1. The number of carbonyl (C=O) groups is 1. The predicted octanol–water partition coefficient (Wildman–Crippen LogP) is -0.385. The summed E-state index contributed by atoms with van der Waals surface area (Å²) >= 11 is 0. The molecule has 2 aromatic rings. The summed E-state index contributed by atoms with van der Waals surface area (Å²) in [6.07, 6.45) is 6.10. The third-order valence-electron chi connectivity index (χ3n) is 2.09. The number of nitrogens with zero attached hydrogens (tertiary/aromatic N) is 4. The first-order valence-electron chi connectivity index (χ1n) is 4.95. The molecular formula is C10H11N5O2. The summed E-state index contributed by atoms with van der Waals surface area (Å²) in [5.41, 5.74) is 0.142. The highest BCUT2D eigenvalue weighted by Gasteiger charge is 2.05. The van der Waals surface area contributed by atoms with Gasteiger partial charge >= 0.3 is 5.69 Å². The highest BCUT2D eigenvalue weighted by atomic mass is 16.2. The lowest BCUT2D eigenvalue weighted by Gasteiger charge is -2.04. The van der Waals surface area contributed by atoms with Crippen molar-refractivity contribution in [3.63, 3.8) is 0 Å². The van der Waals surface area contributed by atoms with Crippen molar-refractivity contribution in [2.24, 2.45) is 7.05 Å². The van der Waals surface area contributed by atoms with Gasteiger partial charge in [0.05, 0.1) is 11.9 Å². The van der Waals surface area contributed by atoms with Crippen LogP contribution < -0.4 is 11.0 Å². The Morgan fingerprint density at radius 1 is 1.53 bits per heavy atom. The summed E-state index contributed by atoms with van der Waals surface area (Å²) in [5, 5.41) is 6.54. The Balaban J connectivity index is 2.03. The molecule has 1 amide bonds. The van der Waals surface area contributed by atoms with E-state index in [0.717, 1.165) is 0 Å². The maximum absolute atomic E-state index is 11.6. The maximum Gasteiger partial charge on any atom is 0.347 e. The van der Waals surface area contributed by atoms with Gasteiger partial charge in [0.2, 0.25) is 5.91 Å². The first kappa shape index (κ1) is 11.1. The molecular weight excluding hydrogens is 222 g/mol. The molecule has 0 radical (unpaired) electrons. The molecule has 7 nitrogen and oxygen atoms in total. The van der Waals surface area contributed by atoms with Crippen LogP contribution in [-0.2, 0) is 18.4 Å².